The van der Waals surface area contributed by atoms with E-state index in [0.717, 1.165) is 0 Å². The SMILES string of the molecule is CC1C(C)C1C([NH])=O. The number of hydrogen-bond acceptors (Lipinski definition) is 1. The molecule has 2 atom stereocenters. The molecule has 2 unspecified atom stereocenters. The minimum absolute atomic E-state index is 0.0648. The normalized spacial score (nSPS) is 44.0. The van der Waals surface area contributed by atoms with Crippen LogP contribution in [0, 0.1) is 17.8 Å². The lowest BCUT2D eigenvalue weighted by Gasteiger charge is -1.80. The molecular weight excluding hydrogens is 102 g/mol. The predicted molar refractivity (Wildman–Crippen MR) is 29.9 cm³/mol. The van der Waals surface area contributed by atoms with E-state index in [4.69, 9.17) is 5.73 Å². The summed E-state index contributed by atoms with van der Waals surface area (Å²) in [5.41, 5.74) is 6.72. The molecule has 1 N–H and O–H groups in total. The van der Waals surface area contributed by atoms with Gasteiger partial charge in [0.05, 0.1) is 0 Å². The molecule has 45 valence electrons. The molecular formula is C6H10NO. The highest BCUT2D eigenvalue weighted by Crippen LogP contribution is 2.44. The first kappa shape index (κ1) is 5.60. The molecule has 2 heteroatoms. The zero-order chi connectivity index (χ0) is 6.31. The molecule has 0 aromatic rings. The Hall–Kier alpha value is -0.530. The third kappa shape index (κ3) is 0.602. The molecule has 1 rings (SSSR count). The van der Waals surface area contributed by atoms with Gasteiger partial charge >= 0.3 is 0 Å². The zero-order valence-corrected chi connectivity index (χ0v) is 5.14. The van der Waals surface area contributed by atoms with Gasteiger partial charge in [0.25, 0.3) is 0 Å². The van der Waals surface area contributed by atoms with Gasteiger partial charge in [0.2, 0.25) is 5.91 Å². The van der Waals surface area contributed by atoms with Gasteiger partial charge in [-0.3, -0.25) is 10.5 Å². The van der Waals surface area contributed by atoms with Crippen LogP contribution in [0.1, 0.15) is 13.8 Å². The highest BCUT2D eigenvalue weighted by Gasteiger charge is 2.47. The van der Waals surface area contributed by atoms with Crippen LogP contribution in [0.3, 0.4) is 0 Å². The van der Waals surface area contributed by atoms with Gasteiger partial charge in [-0.1, -0.05) is 13.8 Å². The van der Waals surface area contributed by atoms with Crippen molar-refractivity contribution >= 4 is 5.91 Å². The molecule has 0 heterocycles. The van der Waals surface area contributed by atoms with Crippen molar-refractivity contribution in [3.8, 4) is 0 Å². The summed E-state index contributed by atoms with van der Waals surface area (Å²) in [6.45, 7) is 4.03. The van der Waals surface area contributed by atoms with Gasteiger partial charge in [0.1, 0.15) is 0 Å². The molecule has 0 aliphatic heterocycles. The average molecular weight is 112 g/mol. The van der Waals surface area contributed by atoms with E-state index in [0.29, 0.717) is 11.8 Å². The van der Waals surface area contributed by atoms with Crippen molar-refractivity contribution in [1.29, 1.82) is 0 Å². The molecule has 8 heavy (non-hydrogen) atoms. The second kappa shape index (κ2) is 1.47. The van der Waals surface area contributed by atoms with Crippen LogP contribution in [-0.2, 0) is 4.79 Å². The maximum atomic E-state index is 10.3. The van der Waals surface area contributed by atoms with E-state index in [9.17, 15) is 4.79 Å². The molecule has 1 amide bonds. The van der Waals surface area contributed by atoms with E-state index in [1.165, 1.54) is 0 Å². The van der Waals surface area contributed by atoms with Gasteiger partial charge in [0.15, 0.2) is 0 Å². The largest absolute Gasteiger partial charge is 0.273 e. The Balaban J connectivity index is 2.44. The summed E-state index contributed by atoms with van der Waals surface area (Å²) in [5.74, 6) is 0.625. The smallest absolute Gasteiger partial charge is 0.242 e. The Kier molecular flexibility index (Phi) is 1.03. The van der Waals surface area contributed by atoms with Crippen molar-refractivity contribution in [2.45, 2.75) is 13.8 Å². The molecule has 0 saturated heterocycles. The average Bonchev–Trinajstić information content (AvgIpc) is 2.15. The first-order chi connectivity index (χ1) is 3.64. The van der Waals surface area contributed by atoms with Crippen molar-refractivity contribution in [2.24, 2.45) is 17.8 Å². The van der Waals surface area contributed by atoms with E-state index in [1.54, 1.807) is 0 Å². The molecule has 1 fully saturated rings. The van der Waals surface area contributed by atoms with Crippen LogP contribution >= 0.6 is 0 Å². The Morgan fingerprint density at radius 1 is 1.38 bits per heavy atom. The first-order valence-electron chi connectivity index (χ1n) is 2.90. The molecule has 0 aromatic heterocycles. The Morgan fingerprint density at radius 3 is 1.75 bits per heavy atom. The van der Waals surface area contributed by atoms with Crippen molar-refractivity contribution in [1.82, 2.24) is 5.73 Å². The lowest BCUT2D eigenvalue weighted by molar-refractivity contribution is -0.120. The van der Waals surface area contributed by atoms with Crippen LogP contribution in [0.2, 0.25) is 0 Å². The maximum absolute atomic E-state index is 10.3. The topological polar surface area (TPSA) is 40.9 Å². The molecule has 1 saturated carbocycles. The van der Waals surface area contributed by atoms with Crippen LogP contribution in [0.5, 0.6) is 0 Å². The second-order valence-electron chi connectivity index (χ2n) is 2.61. The lowest BCUT2D eigenvalue weighted by Crippen LogP contribution is -2.01. The van der Waals surface area contributed by atoms with E-state index in [-0.39, 0.29) is 11.8 Å². The summed E-state index contributed by atoms with van der Waals surface area (Å²) in [4.78, 5) is 10.3. The van der Waals surface area contributed by atoms with Crippen molar-refractivity contribution in [3.05, 3.63) is 0 Å². The van der Waals surface area contributed by atoms with E-state index < -0.39 is 0 Å². The number of nitrogens with one attached hydrogen (secondary N) is 1. The maximum Gasteiger partial charge on any atom is 0.242 e. The Bertz CT molecular complexity index is 114. The molecule has 1 aliphatic carbocycles. The third-order valence-corrected chi connectivity index (χ3v) is 2.12. The van der Waals surface area contributed by atoms with Crippen molar-refractivity contribution < 1.29 is 4.79 Å². The van der Waals surface area contributed by atoms with Crippen molar-refractivity contribution in [3.63, 3.8) is 0 Å². The summed E-state index contributed by atoms with van der Waals surface area (Å²) in [6.07, 6.45) is 0. The van der Waals surface area contributed by atoms with Crippen LogP contribution in [0.25, 0.3) is 0 Å². The molecule has 1 aliphatic rings. The standard InChI is InChI=1S/C6H10NO/c1-3-4(2)5(3)6(7)8/h3-5,7H,1-2H3. The first-order valence-corrected chi connectivity index (χ1v) is 2.90. The molecule has 2 nitrogen and oxygen atoms in total. The number of hydrogen-bond donors (Lipinski definition) is 0. The highest BCUT2D eigenvalue weighted by molar-refractivity contribution is 5.79. The molecule has 0 spiro atoms. The summed E-state index contributed by atoms with van der Waals surface area (Å²) < 4.78 is 0. The molecule has 0 bridgehead atoms. The van der Waals surface area contributed by atoms with Gasteiger partial charge in [0, 0.05) is 5.92 Å². The summed E-state index contributed by atoms with van der Waals surface area (Å²) in [5, 5.41) is 0. The van der Waals surface area contributed by atoms with Gasteiger partial charge in [-0.15, -0.1) is 0 Å². The molecule has 1 radical (unpaired) electrons. The van der Waals surface area contributed by atoms with Gasteiger partial charge < -0.3 is 0 Å². The van der Waals surface area contributed by atoms with Crippen LogP contribution in [0.4, 0.5) is 0 Å². The predicted octanol–water partition coefficient (Wildman–Crippen LogP) is 0.698. The number of carbonyl (C=O) groups excluding carboxylic acids is 1. The third-order valence-electron chi connectivity index (χ3n) is 2.12. The van der Waals surface area contributed by atoms with Crippen LogP contribution in [0.15, 0.2) is 0 Å². The Labute approximate surface area is 49.1 Å². The summed E-state index contributed by atoms with van der Waals surface area (Å²) in [7, 11) is 0. The lowest BCUT2D eigenvalue weighted by atomic mass is 10.3. The minimum Gasteiger partial charge on any atom is -0.273 e. The van der Waals surface area contributed by atoms with Gasteiger partial charge in [-0.25, -0.2) is 0 Å². The van der Waals surface area contributed by atoms with E-state index in [2.05, 4.69) is 0 Å². The van der Waals surface area contributed by atoms with Crippen molar-refractivity contribution in [2.75, 3.05) is 0 Å². The van der Waals surface area contributed by atoms with Crippen LogP contribution < -0.4 is 5.73 Å². The molecule has 0 aromatic carbocycles. The summed E-state index contributed by atoms with van der Waals surface area (Å²) >= 11 is 0. The van der Waals surface area contributed by atoms with E-state index >= 15 is 0 Å². The van der Waals surface area contributed by atoms with Gasteiger partial charge in [-0.05, 0) is 11.8 Å². The Morgan fingerprint density at radius 2 is 1.75 bits per heavy atom. The second-order valence-corrected chi connectivity index (χ2v) is 2.61. The monoisotopic (exact) mass is 112 g/mol. The fourth-order valence-corrected chi connectivity index (χ4v) is 1.14. The fourth-order valence-electron chi connectivity index (χ4n) is 1.14. The highest BCUT2D eigenvalue weighted by atomic mass is 16.1. The van der Waals surface area contributed by atoms with Crippen LogP contribution in [-0.4, -0.2) is 5.91 Å². The number of carbonyl (C=O) groups is 1. The quantitative estimate of drug-likeness (QED) is 0.492. The zero-order valence-electron chi connectivity index (χ0n) is 5.14. The minimum atomic E-state index is -0.384. The van der Waals surface area contributed by atoms with E-state index in [1.807, 2.05) is 13.8 Å². The fraction of sp³-hybridized carbons (Fsp3) is 0.833. The number of rotatable bonds is 1. The van der Waals surface area contributed by atoms with Gasteiger partial charge in [-0.2, -0.15) is 0 Å². The number of amides is 1. The summed E-state index contributed by atoms with van der Waals surface area (Å²) in [6, 6.07) is 0.